The molecule has 1 aliphatic heterocycles. The zero-order valence-electron chi connectivity index (χ0n) is 16.1. The van der Waals surface area contributed by atoms with Gasteiger partial charge in [0.15, 0.2) is 6.10 Å². The zero-order valence-corrected chi connectivity index (χ0v) is 16.1. The highest BCUT2D eigenvalue weighted by atomic mass is 16.6. The van der Waals surface area contributed by atoms with Crippen molar-refractivity contribution in [2.75, 3.05) is 12.0 Å². The number of pyridine rings is 1. The Kier molecular flexibility index (Phi) is 5.26. The maximum Gasteiger partial charge on any atom is 0.335 e. The van der Waals surface area contributed by atoms with Crippen LogP contribution in [0.25, 0.3) is 10.9 Å². The van der Waals surface area contributed by atoms with Gasteiger partial charge in [-0.3, -0.25) is 4.90 Å². The van der Waals surface area contributed by atoms with E-state index in [1.807, 2.05) is 60.7 Å². The van der Waals surface area contributed by atoms with Crippen molar-refractivity contribution in [3.8, 4) is 0 Å². The van der Waals surface area contributed by atoms with Crippen molar-refractivity contribution < 1.29 is 14.3 Å². The molecule has 0 unspecified atom stereocenters. The van der Waals surface area contributed by atoms with Gasteiger partial charge in [-0.2, -0.15) is 0 Å². The number of fused-ring (bicyclic) bond motifs is 1. The first kappa shape index (κ1) is 18.4. The molecule has 0 amide bonds. The van der Waals surface area contributed by atoms with E-state index in [9.17, 15) is 4.79 Å². The van der Waals surface area contributed by atoms with Gasteiger partial charge in [-0.05, 0) is 49.1 Å². The van der Waals surface area contributed by atoms with Crippen molar-refractivity contribution in [1.82, 2.24) is 4.98 Å². The number of methoxy groups -OCH3 is 1. The highest BCUT2D eigenvalue weighted by Gasteiger charge is 2.36. The molecule has 1 aliphatic rings. The second-order valence-corrected chi connectivity index (χ2v) is 7.25. The number of nitrogens with zero attached hydrogens (tertiary/aromatic N) is 2. The minimum absolute atomic E-state index is 0.302. The van der Waals surface area contributed by atoms with Crippen LogP contribution in [0.1, 0.15) is 19.8 Å². The van der Waals surface area contributed by atoms with E-state index in [1.54, 1.807) is 0 Å². The predicted octanol–water partition coefficient (Wildman–Crippen LogP) is 4.69. The Balaban J connectivity index is 1.76. The van der Waals surface area contributed by atoms with E-state index in [0.717, 1.165) is 28.8 Å². The summed E-state index contributed by atoms with van der Waals surface area (Å²) in [7, 11) is 1.40. The molecule has 0 saturated carbocycles. The summed E-state index contributed by atoms with van der Waals surface area (Å²) >= 11 is 0. The van der Waals surface area contributed by atoms with Crippen molar-refractivity contribution in [3.05, 3.63) is 66.7 Å². The van der Waals surface area contributed by atoms with Crippen molar-refractivity contribution in [3.63, 3.8) is 0 Å². The molecule has 3 aromatic rings. The van der Waals surface area contributed by atoms with Crippen molar-refractivity contribution >= 4 is 28.4 Å². The predicted molar refractivity (Wildman–Crippen MR) is 109 cm³/mol. The molecule has 5 nitrogen and oxygen atoms in total. The lowest BCUT2D eigenvalue weighted by Gasteiger charge is -2.39. The first-order chi connectivity index (χ1) is 13.7. The minimum atomic E-state index is -0.564. The van der Waals surface area contributed by atoms with Crippen molar-refractivity contribution in [2.45, 2.75) is 32.1 Å². The largest absolute Gasteiger partial charge is 0.467 e. The smallest absolute Gasteiger partial charge is 0.335 e. The third-order valence-electron chi connectivity index (χ3n) is 5.16. The number of rotatable bonds is 4. The number of benzene rings is 2. The lowest BCUT2D eigenvalue weighted by Crippen LogP contribution is -2.45. The Morgan fingerprint density at radius 2 is 1.79 bits per heavy atom. The first-order valence-corrected chi connectivity index (χ1v) is 9.59. The second kappa shape index (κ2) is 7.98. The lowest BCUT2D eigenvalue weighted by atomic mass is 9.95. The van der Waals surface area contributed by atoms with E-state index in [2.05, 4.69) is 17.9 Å². The molecule has 2 aromatic carbocycles. The number of carbonyl (C=O) groups excluding carboxylic acids is 1. The van der Waals surface area contributed by atoms with E-state index in [4.69, 9.17) is 14.5 Å². The maximum atomic E-state index is 12.1. The summed E-state index contributed by atoms with van der Waals surface area (Å²) in [6, 6.07) is 22.2. The molecule has 1 saturated heterocycles. The Bertz CT molecular complexity index is 960. The summed E-state index contributed by atoms with van der Waals surface area (Å²) in [5, 5.41) is 1.09. The molecule has 144 valence electrons. The molecule has 28 heavy (non-hydrogen) atoms. The number of hydrogen-bond donors (Lipinski definition) is 0. The summed E-state index contributed by atoms with van der Waals surface area (Å²) < 4.78 is 11.1. The highest BCUT2D eigenvalue weighted by molar-refractivity contribution is 5.81. The Hall–Kier alpha value is -2.92. The fourth-order valence-electron chi connectivity index (χ4n) is 3.78. The fourth-order valence-corrected chi connectivity index (χ4v) is 3.78. The maximum absolute atomic E-state index is 12.1. The summed E-state index contributed by atoms with van der Waals surface area (Å²) in [4.78, 5) is 19.1. The topological polar surface area (TPSA) is 51.7 Å². The molecule has 0 aliphatic carbocycles. The van der Waals surface area contributed by atoms with Gasteiger partial charge in [-0.1, -0.05) is 43.3 Å². The zero-order chi connectivity index (χ0) is 19.5. The quantitative estimate of drug-likeness (QED) is 0.619. The third kappa shape index (κ3) is 3.71. The van der Waals surface area contributed by atoms with Crippen LogP contribution in [-0.2, 0) is 14.3 Å². The molecule has 0 N–H and O–H groups in total. The van der Waals surface area contributed by atoms with Gasteiger partial charge in [0.25, 0.3) is 0 Å². The van der Waals surface area contributed by atoms with E-state index in [-0.39, 0.29) is 12.2 Å². The number of ether oxygens (including phenoxy) is 2. The summed E-state index contributed by atoms with van der Waals surface area (Å²) in [5.74, 6) is 0.804. The molecule has 1 fully saturated rings. The number of anilines is 2. The van der Waals surface area contributed by atoms with E-state index in [0.29, 0.717) is 12.3 Å². The van der Waals surface area contributed by atoms with Gasteiger partial charge in [0.2, 0.25) is 0 Å². The second-order valence-electron chi connectivity index (χ2n) is 7.25. The van der Waals surface area contributed by atoms with Gasteiger partial charge in [-0.25, -0.2) is 9.78 Å². The summed E-state index contributed by atoms with van der Waals surface area (Å²) in [6.45, 7) is 2.14. The van der Waals surface area contributed by atoms with E-state index in [1.165, 1.54) is 7.11 Å². The highest BCUT2D eigenvalue weighted by Crippen LogP contribution is 2.35. The van der Waals surface area contributed by atoms with Crippen LogP contribution in [0.3, 0.4) is 0 Å². The normalized spacial score (nSPS) is 22.0. The van der Waals surface area contributed by atoms with Crippen LogP contribution in [0.15, 0.2) is 66.7 Å². The van der Waals surface area contributed by atoms with Gasteiger partial charge in [0.1, 0.15) is 12.0 Å². The average molecular weight is 376 g/mol. The molecule has 0 bridgehead atoms. The number of carbonyl (C=O) groups is 1. The van der Waals surface area contributed by atoms with Gasteiger partial charge >= 0.3 is 5.97 Å². The average Bonchev–Trinajstić information content (AvgIpc) is 2.73. The molecule has 2 heterocycles. The number of aromatic nitrogens is 1. The monoisotopic (exact) mass is 376 g/mol. The minimum Gasteiger partial charge on any atom is -0.467 e. The molecule has 0 radical (unpaired) electrons. The lowest BCUT2D eigenvalue weighted by molar-refractivity contribution is -0.164. The van der Waals surface area contributed by atoms with E-state index < -0.39 is 6.10 Å². The van der Waals surface area contributed by atoms with Crippen molar-refractivity contribution in [2.24, 2.45) is 5.92 Å². The molecular weight excluding hydrogens is 352 g/mol. The summed E-state index contributed by atoms with van der Waals surface area (Å²) in [6.07, 6.45) is 0.600. The van der Waals surface area contributed by atoms with E-state index >= 15 is 0 Å². The Morgan fingerprint density at radius 3 is 2.57 bits per heavy atom. The van der Waals surface area contributed by atoms with Crippen LogP contribution >= 0.6 is 0 Å². The van der Waals surface area contributed by atoms with Gasteiger partial charge in [0, 0.05) is 11.1 Å². The number of esters is 1. The molecule has 5 heteroatoms. The standard InChI is InChI=1S/C23H24N2O3/c1-16-14-20(23(26)27-2)28-22(15-16)25(18-9-4-3-5-10-18)21-13-12-17-8-6-7-11-19(17)24-21/h3-13,16,20,22H,14-15H2,1-2H3/t16-,20-,22+/m0/s1. The number of hydrogen-bond acceptors (Lipinski definition) is 5. The van der Waals surface area contributed by atoms with Gasteiger partial charge < -0.3 is 9.47 Å². The Labute approximate surface area is 164 Å². The SMILES string of the molecule is COC(=O)[C@@H]1C[C@H](C)C[C@H](N(c2ccccc2)c2ccc3ccccc3n2)O1. The summed E-state index contributed by atoms with van der Waals surface area (Å²) in [5.41, 5.74) is 1.90. The van der Waals surface area contributed by atoms with Crippen LogP contribution in [0.5, 0.6) is 0 Å². The van der Waals surface area contributed by atoms with Crippen LogP contribution in [0.4, 0.5) is 11.5 Å². The van der Waals surface area contributed by atoms with Crippen LogP contribution < -0.4 is 4.90 Å². The van der Waals surface area contributed by atoms with Gasteiger partial charge in [-0.15, -0.1) is 0 Å². The first-order valence-electron chi connectivity index (χ1n) is 9.59. The van der Waals surface area contributed by atoms with Crippen LogP contribution in [0.2, 0.25) is 0 Å². The Morgan fingerprint density at radius 1 is 1.04 bits per heavy atom. The molecule has 0 spiro atoms. The third-order valence-corrected chi connectivity index (χ3v) is 5.16. The van der Waals surface area contributed by atoms with Crippen LogP contribution in [-0.4, -0.2) is 30.4 Å². The molecule has 4 rings (SSSR count). The van der Waals surface area contributed by atoms with Crippen molar-refractivity contribution in [1.29, 1.82) is 0 Å². The van der Waals surface area contributed by atoms with Crippen LogP contribution in [0, 0.1) is 5.92 Å². The molecule has 1 aromatic heterocycles. The fraction of sp³-hybridized carbons (Fsp3) is 0.304. The molecule has 3 atom stereocenters. The van der Waals surface area contributed by atoms with Gasteiger partial charge in [0.05, 0.1) is 12.6 Å². The molecular formula is C23H24N2O3. The number of para-hydroxylation sites is 2.